The summed E-state index contributed by atoms with van der Waals surface area (Å²) in [5, 5.41) is 8.63. The van der Waals surface area contributed by atoms with E-state index in [0.29, 0.717) is 0 Å². The van der Waals surface area contributed by atoms with Gasteiger partial charge in [-0.05, 0) is 72.5 Å². The predicted octanol–water partition coefficient (Wildman–Crippen LogP) is 3.45. The van der Waals surface area contributed by atoms with Gasteiger partial charge in [0.05, 0.1) is 5.92 Å². The molecule has 1 aliphatic carbocycles. The third kappa shape index (κ3) is 2.57. The van der Waals surface area contributed by atoms with Crippen LogP contribution in [0.1, 0.15) is 40.3 Å². The molecule has 1 aliphatic heterocycles. The molecule has 22 heavy (non-hydrogen) atoms. The van der Waals surface area contributed by atoms with Gasteiger partial charge in [0.2, 0.25) is 5.91 Å². The normalized spacial score (nSPS) is 20.1. The second kappa shape index (κ2) is 5.86. The number of carbonyl (C=O) groups excluding carboxylic acids is 1. The Balaban J connectivity index is 1.53. The molecular formula is C18H20N2OS. The average molecular weight is 312 g/mol. The first-order chi connectivity index (χ1) is 10.8. The summed E-state index contributed by atoms with van der Waals surface area (Å²) in [5.74, 6) is 0.159. The molecule has 1 amide bonds. The van der Waals surface area contributed by atoms with Crippen molar-refractivity contribution in [3.63, 3.8) is 0 Å². The minimum absolute atomic E-state index is 0.0177. The molecule has 0 bridgehead atoms. The fraction of sp³-hybridized carbons (Fsp3) is 0.389. The van der Waals surface area contributed by atoms with Crippen molar-refractivity contribution in [2.45, 2.75) is 38.1 Å². The number of amides is 1. The molecule has 114 valence electrons. The lowest BCUT2D eigenvalue weighted by molar-refractivity contribution is -0.117. The molecule has 3 nitrogen and oxygen atoms in total. The molecule has 2 aliphatic rings. The third-order valence-corrected chi connectivity index (χ3v) is 5.73. The van der Waals surface area contributed by atoms with Crippen molar-refractivity contribution >= 4 is 22.9 Å². The van der Waals surface area contributed by atoms with Crippen molar-refractivity contribution in [1.82, 2.24) is 5.32 Å². The van der Waals surface area contributed by atoms with Crippen LogP contribution in [0.3, 0.4) is 0 Å². The van der Waals surface area contributed by atoms with Gasteiger partial charge in [-0.25, -0.2) is 0 Å². The van der Waals surface area contributed by atoms with Gasteiger partial charge in [0.15, 0.2) is 0 Å². The van der Waals surface area contributed by atoms with Crippen LogP contribution in [0.5, 0.6) is 0 Å². The van der Waals surface area contributed by atoms with Gasteiger partial charge < -0.3 is 10.6 Å². The molecule has 0 radical (unpaired) electrons. The van der Waals surface area contributed by atoms with Crippen molar-refractivity contribution in [3.05, 3.63) is 51.2 Å². The number of aryl methyl sites for hydroxylation is 1. The molecule has 0 fully saturated rings. The van der Waals surface area contributed by atoms with Gasteiger partial charge in [-0.2, -0.15) is 0 Å². The topological polar surface area (TPSA) is 41.1 Å². The SMILES string of the molecule is O=C(Nc1ccc2c(c1)CNCC2)C1CCCc2sccc21. The van der Waals surface area contributed by atoms with Gasteiger partial charge in [-0.15, -0.1) is 11.3 Å². The Kier molecular flexibility index (Phi) is 3.72. The second-order valence-corrected chi connectivity index (χ2v) is 7.14. The average Bonchev–Trinajstić information content (AvgIpc) is 3.03. The number of hydrogen-bond acceptors (Lipinski definition) is 3. The summed E-state index contributed by atoms with van der Waals surface area (Å²) in [4.78, 5) is 14.1. The van der Waals surface area contributed by atoms with Gasteiger partial charge in [-0.1, -0.05) is 6.07 Å². The van der Waals surface area contributed by atoms with Crippen molar-refractivity contribution < 1.29 is 4.79 Å². The van der Waals surface area contributed by atoms with Crippen LogP contribution in [0, 0.1) is 0 Å². The number of nitrogens with one attached hydrogen (secondary N) is 2. The van der Waals surface area contributed by atoms with E-state index in [4.69, 9.17) is 0 Å². The number of thiophene rings is 1. The Morgan fingerprint density at radius 1 is 1.23 bits per heavy atom. The molecule has 0 spiro atoms. The number of fused-ring (bicyclic) bond motifs is 2. The van der Waals surface area contributed by atoms with E-state index in [0.717, 1.165) is 44.5 Å². The maximum atomic E-state index is 12.7. The first kappa shape index (κ1) is 14.0. The monoisotopic (exact) mass is 312 g/mol. The molecule has 1 unspecified atom stereocenters. The summed E-state index contributed by atoms with van der Waals surface area (Å²) in [6.07, 6.45) is 4.27. The van der Waals surface area contributed by atoms with E-state index in [1.807, 2.05) is 6.07 Å². The summed E-state index contributed by atoms with van der Waals surface area (Å²) in [6.45, 7) is 1.94. The molecule has 2 heterocycles. The zero-order chi connectivity index (χ0) is 14.9. The standard InChI is InChI=1S/C18H20N2OS/c21-18(16-2-1-3-17-15(16)7-9-22-17)20-14-5-4-12-6-8-19-11-13(12)10-14/h4-5,7,9-10,16,19H,1-3,6,8,11H2,(H,20,21). The fourth-order valence-corrected chi connectivity index (χ4v) is 4.53. The van der Waals surface area contributed by atoms with Crippen molar-refractivity contribution in [1.29, 1.82) is 0 Å². The second-order valence-electron chi connectivity index (χ2n) is 6.14. The number of carbonyl (C=O) groups is 1. The Morgan fingerprint density at radius 2 is 2.18 bits per heavy atom. The fourth-order valence-electron chi connectivity index (χ4n) is 3.55. The summed E-state index contributed by atoms with van der Waals surface area (Å²) in [6, 6.07) is 8.44. The van der Waals surface area contributed by atoms with E-state index in [2.05, 4.69) is 34.2 Å². The molecular weight excluding hydrogens is 292 g/mol. The van der Waals surface area contributed by atoms with E-state index >= 15 is 0 Å². The maximum Gasteiger partial charge on any atom is 0.231 e. The van der Waals surface area contributed by atoms with Crippen LogP contribution in [-0.2, 0) is 24.2 Å². The lowest BCUT2D eigenvalue weighted by atomic mass is 9.87. The molecule has 0 saturated carbocycles. The first-order valence-corrected chi connectivity index (χ1v) is 8.89. The van der Waals surface area contributed by atoms with E-state index in [1.54, 1.807) is 11.3 Å². The molecule has 1 aromatic heterocycles. The number of anilines is 1. The van der Waals surface area contributed by atoms with Gasteiger partial charge >= 0.3 is 0 Å². The van der Waals surface area contributed by atoms with Crippen LogP contribution in [0.25, 0.3) is 0 Å². The number of rotatable bonds is 2. The molecule has 1 aromatic carbocycles. The predicted molar refractivity (Wildman–Crippen MR) is 90.5 cm³/mol. The highest BCUT2D eigenvalue weighted by molar-refractivity contribution is 7.10. The highest BCUT2D eigenvalue weighted by Crippen LogP contribution is 2.35. The van der Waals surface area contributed by atoms with Gasteiger partial charge in [-0.3, -0.25) is 4.79 Å². The van der Waals surface area contributed by atoms with Gasteiger partial charge in [0.1, 0.15) is 0 Å². The maximum absolute atomic E-state index is 12.7. The van der Waals surface area contributed by atoms with Crippen LogP contribution in [0.15, 0.2) is 29.6 Å². The molecule has 2 N–H and O–H groups in total. The summed E-state index contributed by atoms with van der Waals surface area (Å²) in [7, 11) is 0. The molecule has 2 aromatic rings. The van der Waals surface area contributed by atoms with E-state index in [-0.39, 0.29) is 11.8 Å². The Hall–Kier alpha value is -1.65. The zero-order valence-corrected chi connectivity index (χ0v) is 13.3. The molecule has 1 atom stereocenters. The van der Waals surface area contributed by atoms with E-state index in [1.165, 1.54) is 21.6 Å². The largest absolute Gasteiger partial charge is 0.326 e. The lowest BCUT2D eigenvalue weighted by Gasteiger charge is -2.23. The van der Waals surface area contributed by atoms with E-state index < -0.39 is 0 Å². The summed E-state index contributed by atoms with van der Waals surface area (Å²) < 4.78 is 0. The highest BCUT2D eigenvalue weighted by Gasteiger charge is 2.27. The Labute approximate surface area is 134 Å². The minimum atomic E-state index is 0.0177. The molecule has 0 saturated heterocycles. The van der Waals surface area contributed by atoms with Crippen LogP contribution >= 0.6 is 11.3 Å². The quantitative estimate of drug-likeness (QED) is 0.892. The Bertz CT molecular complexity index is 707. The highest BCUT2D eigenvalue weighted by atomic mass is 32.1. The van der Waals surface area contributed by atoms with Crippen molar-refractivity contribution in [2.75, 3.05) is 11.9 Å². The lowest BCUT2D eigenvalue weighted by Crippen LogP contribution is -2.25. The number of benzene rings is 1. The van der Waals surface area contributed by atoms with Crippen LogP contribution in [-0.4, -0.2) is 12.5 Å². The zero-order valence-electron chi connectivity index (χ0n) is 12.5. The molecule has 4 heteroatoms. The summed E-state index contributed by atoms with van der Waals surface area (Å²) >= 11 is 1.78. The van der Waals surface area contributed by atoms with Gasteiger partial charge in [0, 0.05) is 17.1 Å². The number of hydrogen-bond donors (Lipinski definition) is 2. The van der Waals surface area contributed by atoms with Crippen LogP contribution in [0.2, 0.25) is 0 Å². The van der Waals surface area contributed by atoms with Crippen LogP contribution < -0.4 is 10.6 Å². The smallest absolute Gasteiger partial charge is 0.231 e. The van der Waals surface area contributed by atoms with E-state index in [9.17, 15) is 4.79 Å². The molecule has 4 rings (SSSR count). The van der Waals surface area contributed by atoms with Crippen molar-refractivity contribution in [3.8, 4) is 0 Å². The third-order valence-electron chi connectivity index (χ3n) is 4.73. The summed E-state index contributed by atoms with van der Waals surface area (Å²) in [5.41, 5.74) is 4.88. The van der Waals surface area contributed by atoms with Crippen LogP contribution in [0.4, 0.5) is 5.69 Å². The van der Waals surface area contributed by atoms with Crippen molar-refractivity contribution in [2.24, 2.45) is 0 Å². The van der Waals surface area contributed by atoms with Gasteiger partial charge in [0.25, 0.3) is 0 Å². The first-order valence-electron chi connectivity index (χ1n) is 8.01. The minimum Gasteiger partial charge on any atom is -0.326 e. The Morgan fingerprint density at radius 3 is 3.14 bits per heavy atom.